The number of ketones is 1. The number of nitriles is 1. The molecular weight excluding hydrogens is 266 g/mol. The minimum atomic E-state index is -0.129. The van der Waals surface area contributed by atoms with Crippen LogP contribution in [0.5, 0.6) is 11.5 Å². The lowest BCUT2D eigenvalue weighted by atomic mass is 10.1. The Morgan fingerprint density at radius 1 is 1.14 bits per heavy atom. The lowest BCUT2D eigenvalue weighted by Crippen LogP contribution is -1.95. The van der Waals surface area contributed by atoms with Crippen molar-refractivity contribution in [3.05, 3.63) is 65.2 Å². The largest absolute Gasteiger partial charge is 0.454 e. The molecule has 4 nitrogen and oxygen atoms in total. The molecule has 0 saturated carbocycles. The van der Waals surface area contributed by atoms with E-state index >= 15 is 0 Å². The Hall–Kier alpha value is -3.06. The number of hydrogen-bond acceptors (Lipinski definition) is 4. The molecule has 0 radical (unpaired) electrons. The second-order valence-corrected chi connectivity index (χ2v) is 4.47. The lowest BCUT2D eigenvalue weighted by molar-refractivity contribution is 0.104. The van der Waals surface area contributed by atoms with Crippen molar-refractivity contribution in [1.29, 1.82) is 5.26 Å². The fraction of sp³-hybridized carbons (Fsp3) is 0.0588. The van der Waals surface area contributed by atoms with E-state index in [4.69, 9.17) is 14.7 Å². The summed E-state index contributed by atoms with van der Waals surface area (Å²) in [5.74, 6) is 1.21. The predicted octanol–water partition coefficient (Wildman–Crippen LogP) is 3.18. The zero-order chi connectivity index (χ0) is 14.7. The normalized spacial score (nSPS) is 12.3. The van der Waals surface area contributed by atoms with E-state index in [0.717, 1.165) is 5.56 Å². The van der Waals surface area contributed by atoms with Crippen LogP contribution in [0.3, 0.4) is 0 Å². The number of ether oxygens (including phenoxy) is 2. The van der Waals surface area contributed by atoms with Crippen molar-refractivity contribution < 1.29 is 14.3 Å². The summed E-state index contributed by atoms with van der Waals surface area (Å²) in [6.07, 6.45) is 3.19. The first-order valence-corrected chi connectivity index (χ1v) is 6.39. The number of hydrogen-bond donors (Lipinski definition) is 0. The summed E-state index contributed by atoms with van der Waals surface area (Å²) >= 11 is 0. The van der Waals surface area contributed by atoms with Gasteiger partial charge < -0.3 is 9.47 Å². The highest BCUT2D eigenvalue weighted by molar-refractivity contribution is 6.07. The third-order valence-corrected chi connectivity index (χ3v) is 3.14. The average Bonchev–Trinajstić information content (AvgIpc) is 3.02. The Morgan fingerprint density at radius 3 is 2.71 bits per heavy atom. The Labute approximate surface area is 121 Å². The molecule has 1 heterocycles. The topological polar surface area (TPSA) is 59.3 Å². The van der Waals surface area contributed by atoms with Crippen LogP contribution in [0.15, 0.2) is 48.5 Å². The Bertz CT molecular complexity index is 755. The van der Waals surface area contributed by atoms with Crippen LogP contribution in [0.1, 0.15) is 21.5 Å². The van der Waals surface area contributed by atoms with E-state index in [1.807, 2.05) is 24.3 Å². The van der Waals surface area contributed by atoms with Crippen molar-refractivity contribution in [3.63, 3.8) is 0 Å². The van der Waals surface area contributed by atoms with Crippen LogP contribution in [0.2, 0.25) is 0 Å². The second-order valence-electron chi connectivity index (χ2n) is 4.47. The molecule has 102 valence electrons. The van der Waals surface area contributed by atoms with Crippen LogP contribution >= 0.6 is 0 Å². The van der Waals surface area contributed by atoms with Crippen LogP contribution in [-0.4, -0.2) is 12.6 Å². The van der Waals surface area contributed by atoms with Gasteiger partial charge in [0, 0.05) is 11.1 Å². The molecule has 21 heavy (non-hydrogen) atoms. The summed E-state index contributed by atoms with van der Waals surface area (Å²) in [6.45, 7) is 0.198. The number of carbonyl (C=O) groups is 1. The second kappa shape index (κ2) is 5.51. The van der Waals surface area contributed by atoms with E-state index in [2.05, 4.69) is 0 Å². The summed E-state index contributed by atoms with van der Waals surface area (Å²) in [7, 11) is 0. The first-order valence-electron chi connectivity index (χ1n) is 6.39. The zero-order valence-corrected chi connectivity index (χ0v) is 11.1. The number of nitrogens with zero attached hydrogens (tertiary/aromatic N) is 1. The molecular formula is C17H11NO3. The molecule has 4 heteroatoms. The van der Waals surface area contributed by atoms with Crippen LogP contribution in [0.4, 0.5) is 0 Å². The molecule has 2 aromatic carbocycles. The van der Waals surface area contributed by atoms with Crippen LogP contribution in [0, 0.1) is 11.3 Å². The molecule has 2 aromatic rings. The van der Waals surface area contributed by atoms with Crippen LogP contribution in [-0.2, 0) is 0 Å². The van der Waals surface area contributed by atoms with E-state index in [0.29, 0.717) is 22.6 Å². The first kappa shape index (κ1) is 12.9. The number of benzene rings is 2. The average molecular weight is 277 g/mol. The molecule has 0 N–H and O–H groups in total. The van der Waals surface area contributed by atoms with Crippen molar-refractivity contribution >= 4 is 11.9 Å². The minimum absolute atomic E-state index is 0.129. The van der Waals surface area contributed by atoms with E-state index < -0.39 is 0 Å². The van der Waals surface area contributed by atoms with Crippen LogP contribution < -0.4 is 9.47 Å². The fourth-order valence-electron chi connectivity index (χ4n) is 2.05. The van der Waals surface area contributed by atoms with Crippen molar-refractivity contribution in [2.24, 2.45) is 0 Å². The molecule has 0 spiro atoms. The van der Waals surface area contributed by atoms with Crippen molar-refractivity contribution in [2.45, 2.75) is 0 Å². The van der Waals surface area contributed by atoms with Crippen molar-refractivity contribution in [2.75, 3.05) is 6.79 Å². The fourth-order valence-corrected chi connectivity index (χ4v) is 2.05. The molecule has 0 fully saturated rings. The maximum atomic E-state index is 12.1. The van der Waals surface area contributed by atoms with E-state index in [-0.39, 0.29) is 12.6 Å². The molecule has 0 aromatic heterocycles. The quantitative estimate of drug-likeness (QED) is 0.638. The maximum Gasteiger partial charge on any atom is 0.231 e. The molecule has 0 bridgehead atoms. The van der Waals surface area contributed by atoms with Gasteiger partial charge >= 0.3 is 0 Å². The standard InChI is InChI=1S/C17H11NO3/c18-10-12-4-6-13(7-5-12)15(19)9-8-14-2-1-3-16-17(14)21-11-20-16/h1-9H,11H2/b9-8+. The molecule has 0 unspecified atom stereocenters. The SMILES string of the molecule is N#Cc1ccc(C(=O)/C=C/c2cccc3c2OCO3)cc1. The number of rotatable bonds is 3. The number of allylic oxidation sites excluding steroid dienone is 1. The van der Waals surface area contributed by atoms with Crippen LogP contribution in [0.25, 0.3) is 6.08 Å². The van der Waals surface area contributed by atoms with Gasteiger partial charge in [-0.1, -0.05) is 12.1 Å². The van der Waals surface area contributed by atoms with Crippen molar-refractivity contribution in [3.8, 4) is 17.6 Å². The molecule has 0 saturated heterocycles. The van der Waals surface area contributed by atoms with Gasteiger partial charge in [0.15, 0.2) is 17.3 Å². The molecule has 1 aliphatic rings. The van der Waals surface area contributed by atoms with Gasteiger partial charge in [-0.05, 0) is 42.5 Å². The smallest absolute Gasteiger partial charge is 0.231 e. The third-order valence-electron chi connectivity index (χ3n) is 3.14. The molecule has 0 aliphatic carbocycles. The highest BCUT2D eigenvalue weighted by Gasteiger charge is 2.15. The number of carbonyl (C=O) groups excluding carboxylic acids is 1. The van der Waals surface area contributed by atoms with E-state index in [1.54, 1.807) is 30.3 Å². The van der Waals surface area contributed by atoms with Gasteiger partial charge in [0.1, 0.15) is 0 Å². The maximum absolute atomic E-state index is 12.1. The van der Waals surface area contributed by atoms with E-state index in [1.165, 1.54) is 6.08 Å². The van der Waals surface area contributed by atoms with Gasteiger partial charge in [-0.25, -0.2) is 0 Å². The van der Waals surface area contributed by atoms with Gasteiger partial charge in [-0.3, -0.25) is 4.79 Å². The molecule has 1 aliphatic heterocycles. The Balaban J connectivity index is 1.81. The summed E-state index contributed by atoms with van der Waals surface area (Å²) in [6, 6.07) is 14.1. The van der Waals surface area contributed by atoms with E-state index in [9.17, 15) is 4.79 Å². The minimum Gasteiger partial charge on any atom is -0.454 e. The summed E-state index contributed by atoms with van der Waals surface area (Å²) < 4.78 is 10.7. The molecule has 3 rings (SSSR count). The van der Waals surface area contributed by atoms with Gasteiger partial charge in [-0.2, -0.15) is 5.26 Å². The molecule has 0 atom stereocenters. The summed E-state index contributed by atoms with van der Waals surface area (Å²) in [5, 5.41) is 8.73. The monoisotopic (exact) mass is 277 g/mol. The summed E-state index contributed by atoms with van der Waals surface area (Å²) in [5.41, 5.74) is 1.86. The number of para-hydroxylation sites is 1. The first-order chi connectivity index (χ1) is 10.3. The van der Waals surface area contributed by atoms with Gasteiger partial charge in [0.25, 0.3) is 0 Å². The zero-order valence-electron chi connectivity index (χ0n) is 11.1. The molecule has 0 amide bonds. The van der Waals surface area contributed by atoms with Gasteiger partial charge in [0.05, 0.1) is 11.6 Å². The summed E-state index contributed by atoms with van der Waals surface area (Å²) in [4.78, 5) is 12.1. The Morgan fingerprint density at radius 2 is 1.95 bits per heavy atom. The highest BCUT2D eigenvalue weighted by Crippen LogP contribution is 2.35. The third kappa shape index (κ3) is 2.63. The van der Waals surface area contributed by atoms with Gasteiger partial charge in [-0.15, -0.1) is 0 Å². The Kier molecular flexibility index (Phi) is 3.40. The predicted molar refractivity (Wildman–Crippen MR) is 77.1 cm³/mol. The highest BCUT2D eigenvalue weighted by atomic mass is 16.7. The van der Waals surface area contributed by atoms with Crippen molar-refractivity contribution in [1.82, 2.24) is 0 Å². The lowest BCUT2D eigenvalue weighted by Gasteiger charge is -2.00. The number of fused-ring (bicyclic) bond motifs is 1. The van der Waals surface area contributed by atoms with Gasteiger partial charge in [0.2, 0.25) is 6.79 Å².